The van der Waals surface area contributed by atoms with E-state index >= 15 is 0 Å². The van der Waals surface area contributed by atoms with Gasteiger partial charge in [-0.05, 0) is 29.8 Å². The van der Waals surface area contributed by atoms with Crippen LogP contribution >= 0.6 is 0 Å². The Morgan fingerprint density at radius 3 is 2.56 bits per heavy atom. The summed E-state index contributed by atoms with van der Waals surface area (Å²) in [6.07, 6.45) is 2.80. The van der Waals surface area contributed by atoms with Crippen molar-refractivity contribution in [2.45, 2.75) is 11.4 Å². The van der Waals surface area contributed by atoms with E-state index in [-0.39, 0.29) is 17.3 Å². The summed E-state index contributed by atoms with van der Waals surface area (Å²) in [7, 11) is -1.96. The molecular weight excluding hydrogens is 345 g/mol. The second-order valence-electron chi connectivity index (χ2n) is 5.07. The first-order valence-electron chi connectivity index (χ1n) is 7.60. The van der Waals surface area contributed by atoms with Gasteiger partial charge in [0, 0.05) is 39.1 Å². The van der Waals surface area contributed by atoms with Crippen LogP contribution in [-0.2, 0) is 16.6 Å². The molecule has 1 heterocycles. The molecule has 0 unspecified atom stereocenters. The predicted octanol–water partition coefficient (Wildman–Crippen LogP) is 0.864. The maximum Gasteiger partial charge on any atom is 0.242 e. The van der Waals surface area contributed by atoms with E-state index in [1.807, 2.05) is 0 Å². The number of guanidine groups is 1. The SMILES string of the molecule is CN=C(NCCNS(=O)(=O)c1cccnc1)NCc1ccc(F)cc1. The van der Waals surface area contributed by atoms with Gasteiger partial charge in [0.05, 0.1) is 0 Å². The summed E-state index contributed by atoms with van der Waals surface area (Å²) in [6, 6.07) is 9.18. The van der Waals surface area contributed by atoms with Crippen molar-refractivity contribution in [3.05, 3.63) is 60.2 Å². The number of pyridine rings is 1. The number of nitrogens with zero attached hydrogens (tertiary/aromatic N) is 2. The second-order valence-corrected chi connectivity index (χ2v) is 6.83. The lowest BCUT2D eigenvalue weighted by molar-refractivity contribution is 0.580. The average molecular weight is 365 g/mol. The smallest absolute Gasteiger partial charge is 0.242 e. The third-order valence-electron chi connectivity index (χ3n) is 3.25. The maximum absolute atomic E-state index is 12.9. The van der Waals surface area contributed by atoms with E-state index in [1.165, 1.54) is 30.6 Å². The van der Waals surface area contributed by atoms with Crippen LogP contribution in [0.3, 0.4) is 0 Å². The first-order chi connectivity index (χ1) is 12.0. The molecule has 9 heteroatoms. The summed E-state index contributed by atoms with van der Waals surface area (Å²) in [6.45, 7) is 1.01. The third kappa shape index (κ3) is 6.12. The second kappa shape index (κ2) is 9.09. The molecule has 0 spiro atoms. The van der Waals surface area contributed by atoms with Crippen LogP contribution in [0.15, 0.2) is 58.7 Å². The molecule has 0 radical (unpaired) electrons. The molecule has 25 heavy (non-hydrogen) atoms. The van der Waals surface area contributed by atoms with Crippen molar-refractivity contribution in [2.24, 2.45) is 4.99 Å². The van der Waals surface area contributed by atoms with Crippen molar-refractivity contribution in [3.63, 3.8) is 0 Å². The summed E-state index contributed by atoms with van der Waals surface area (Å²) in [5.41, 5.74) is 0.904. The Kier molecular flexibility index (Phi) is 6.84. The molecule has 0 aliphatic carbocycles. The van der Waals surface area contributed by atoms with E-state index in [0.717, 1.165) is 5.56 Å². The minimum atomic E-state index is -3.57. The molecule has 0 aliphatic heterocycles. The zero-order chi connectivity index (χ0) is 18.1. The largest absolute Gasteiger partial charge is 0.355 e. The molecule has 1 aromatic heterocycles. The molecule has 0 aliphatic rings. The van der Waals surface area contributed by atoms with Crippen molar-refractivity contribution >= 4 is 16.0 Å². The van der Waals surface area contributed by atoms with E-state index in [1.54, 1.807) is 25.2 Å². The third-order valence-corrected chi connectivity index (χ3v) is 4.70. The van der Waals surface area contributed by atoms with Gasteiger partial charge in [0.2, 0.25) is 10.0 Å². The normalized spacial score (nSPS) is 12.0. The fourth-order valence-electron chi connectivity index (χ4n) is 1.96. The number of halogens is 1. The van der Waals surface area contributed by atoms with E-state index < -0.39 is 10.0 Å². The van der Waals surface area contributed by atoms with Gasteiger partial charge in [0.1, 0.15) is 10.7 Å². The molecule has 2 aromatic rings. The van der Waals surface area contributed by atoms with Crippen LogP contribution < -0.4 is 15.4 Å². The number of nitrogens with one attached hydrogen (secondary N) is 3. The quantitative estimate of drug-likeness (QED) is 0.384. The molecule has 2 rings (SSSR count). The van der Waals surface area contributed by atoms with Crippen molar-refractivity contribution in [1.82, 2.24) is 20.3 Å². The van der Waals surface area contributed by atoms with Crippen LogP contribution in [0.2, 0.25) is 0 Å². The first-order valence-corrected chi connectivity index (χ1v) is 9.08. The van der Waals surface area contributed by atoms with Crippen LogP contribution in [-0.4, -0.2) is 39.5 Å². The van der Waals surface area contributed by atoms with Gasteiger partial charge in [-0.25, -0.2) is 17.5 Å². The Balaban J connectivity index is 1.75. The van der Waals surface area contributed by atoms with Crippen molar-refractivity contribution in [2.75, 3.05) is 20.1 Å². The van der Waals surface area contributed by atoms with Gasteiger partial charge in [-0.1, -0.05) is 12.1 Å². The molecule has 3 N–H and O–H groups in total. The van der Waals surface area contributed by atoms with Crippen LogP contribution in [0.25, 0.3) is 0 Å². The van der Waals surface area contributed by atoms with E-state index in [0.29, 0.717) is 19.0 Å². The number of benzene rings is 1. The standard InChI is InChI=1S/C16H20FN5O2S/c1-18-16(21-11-13-4-6-14(17)7-5-13)20-9-10-22-25(23,24)15-3-2-8-19-12-15/h2-8,12,22H,9-11H2,1H3,(H2,18,20,21). The van der Waals surface area contributed by atoms with Crippen LogP contribution in [0, 0.1) is 5.82 Å². The Bertz CT molecular complexity index is 795. The molecule has 0 amide bonds. The molecule has 0 fully saturated rings. The summed E-state index contributed by atoms with van der Waals surface area (Å²) in [5.74, 6) is 0.233. The Labute approximate surface area is 146 Å². The topological polar surface area (TPSA) is 95.5 Å². The fraction of sp³-hybridized carbons (Fsp3) is 0.250. The highest BCUT2D eigenvalue weighted by atomic mass is 32.2. The predicted molar refractivity (Wildman–Crippen MR) is 94.0 cm³/mol. The number of aromatic nitrogens is 1. The summed E-state index contributed by atoms with van der Waals surface area (Å²) in [4.78, 5) is 7.96. The highest BCUT2D eigenvalue weighted by Crippen LogP contribution is 2.04. The van der Waals surface area contributed by atoms with Gasteiger partial charge in [-0.15, -0.1) is 0 Å². The Morgan fingerprint density at radius 1 is 1.16 bits per heavy atom. The van der Waals surface area contributed by atoms with Crippen LogP contribution in [0.4, 0.5) is 4.39 Å². The minimum Gasteiger partial charge on any atom is -0.355 e. The number of aliphatic imine (C=N–C) groups is 1. The van der Waals surface area contributed by atoms with Crippen LogP contribution in [0.5, 0.6) is 0 Å². The zero-order valence-electron chi connectivity index (χ0n) is 13.7. The Morgan fingerprint density at radius 2 is 1.92 bits per heavy atom. The monoisotopic (exact) mass is 365 g/mol. The lowest BCUT2D eigenvalue weighted by Gasteiger charge is -2.12. The molecule has 1 aromatic carbocycles. The van der Waals surface area contributed by atoms with Crippen LogP contribution in [0.1, 0.15) is 5.56 Å². The molecule has 134 valence electrons. The Hall–Kier alpha value is -2.52. The van der Waals surface area contributed by atoms with E-state index in [9.17, 15) is 12.8 Å². The molecular formula is C16H20FN5O2S. The van der Waals surface area contributed by atoms with Crippen molar-refractivity contribution in [3.8, 4) is 0 Å². The molecule has 7 nitrogen and oxygen atoms in total. The highest BCUT2D eigenvalue weighted by molar-refractivity contribution is 7.89. The molecule has 0 saturated carbocycles. The lowest BCUT2D eigenvalue weighted by Crippen LogP contribution is -2.41. The lowest BCUT2D eigenvalue weighted by atomic mass is 10.2. The van der Waals surface area contributed by atoms with Gasteiger partial charge in [0.15, 0.2) is 5.96 Å². The minimum absolute atomic E-state index is 0.119. The number of hydrogen-bond acceptors (Lipinski definition) is 4. The van der Waals surface area contributed by atoms with Crippen molar-refractivity contribution < 1.29 is 12.8 Å². The molecule has 0 saturated heterocycles. The average Bonchev–Trinajstić information content (AvgIpc) is 2.63. The first kappa shape index (κ1) is 18.8. The number of hydrogen-bond donors (Lipinski definition) is 3. The van der Waals surface area contributed by atoms with Gasteiger partial charge < -0.3 is 10.6 Å². The fourth-order valence-corrected chi connectivity index (χ4v) is 2.96. The van der Waals surface area contributed by atoms with Gasteiger partial charge >= 0.3 is 0 Å². The maximum atomic E-state index is 12.9. The summed E-state index contributed by atoms with van der Waals surface area (Å²) in [5, 5.41) is 6.06. The van der Waals surface area contributed by atoms with Gasteiger partial charge in [-0.3, -0.25) is 9.98 Å². The zero-order valence-corrected chi connectivity index (χ0v) is 14.6. The summed E-state index contributed by atoms with van der Waals surface area (Å²) >= 11 is 0. The number of sulfonamides is 1. The van der Waals surface area contributed by atoms with Gasteiger partial charge in [0.25, 0.3) is 0 Å². The van der Waals surface area contributed by atoms with E-state index in [4.69, 9.17) is 0 Å². The molecule has 0 bridgehead atoms. The number of rotatable bonds is 7. The highest BCUT2D eigenvalue weighted by Gasteiger charge is 2.12. The van der Waals surface area contributed by atoms with E-state index in [2.05, 4.69) is 25.3 Å². The van der Waals surface area contributed by atoms with Gasteiger partial charge in [-0.2, -0.15) is 0 Å². The molecule has 0 atom stereocenters. The summed E-state index contributed by atoms with van der Waals surface area (Å²) < 4.78 is 39.4. The van der Waals surface area contributed by atoms with Crippen molar-refractivity contribution in [1.29, 1.82) is 0 Å².